The number of amides is 2. The molecule has 1 saturated carbocycles. The van der Waals surface area contributed by atoms with Gasteiger partial charge >= 0.3 is 15.5 Å². The number of benzene rings is 3. The minimum absolute atomic E-state index is 0.0465. The van der Waals surface area contributed by atoms with E-state index < -0.39 is 15.5 Å². The third-order valence-corrected chi connectivity index (χ3v) is 9.12. The van der Waals surface area contributed by atoms with Crippen LogP contribution in [0.4, 0.5) is 24.5 Å². The third-order valence-electron chi connectivity index (χ3n) is 7.49. The maximum Gasteiger partial charge on any atom is 0.511 e. The monoisotopic (exact) mass is 600 g/mol. The smallest absolute Gasteiger partial charge is 0.326 e. The highest BCUT2D eigenvalue weighted by Crippen LogP contribution is 2.32. The van der Waals surface area contributed by atoms with Crippen LogP contribution in [0.25, 0.3) is 11.1 Å². The van der Waals surface area contributed by atoms with Crippen molar-refractivity contribution in [3.05, 3.63) is 83.4 Å². The van der Waals surface area contributed by atoms with Gasteiger partial charge in [0.15, 0.2) is 0 Å². The van der Waals surface area contributed by atoms with E-state index in [0.29, 0.717) is 22.1 Å². The number of rotatable bonds is 8. The summed E-state index contributed by atoms with van der Waals surface area (Å²) in [4.78, 5) is 26.9. The fraction of sp³-hybridized carbons (Fsp3) is 0.333. The number of sulfonamides is 1. The molecule has 2 fully saturated rings. The first-order valence-electron chi connectivity index (χ1n) is 13.6. The highest BCUT2D eigenvalue weighted by Gasteiger charge is 2.50. The Hall–Kier alpha value is -3.74. The molecule has 12 heteroatoms. The molecule has 1 saturated heterocycles. The van der Waals surface area contributed by atoms with Gasteiger partial charge in [0.2, 0.25) is 5.91 Å². The number of anilines is 2. The highest BCUT2D eigenvalue weighted by molar-refractivity contribution is 7.90. The molecule has 0 unspecified atom stereocenters. The molecule has 3 aromatic carbocycles. The first-order chi connectivity index (χ1) is 19.9. The van der Waals surface area contributed by atoms with Gasteiger partial charge in [0.1, 0.15) is 0 Å². The molecule has 3 aromatic rings. The van der Waals surface area contributed by atoms with E-state index in [1.54, 1.807) is 24.3 Å². The van der Waals surface area contributed by atoms with E-state index in [1.165, 1.54) is 0 Å². The largest absolute Gasteiger partial charge is 0.511 e. The molecule has 0 radical (unpaired) electrons. The van der Waals surface area contributed by atoms with Crippen molar-refractivity contribution in [2.75, 3.05) is 36.8 Å². The van der Waals surface area contributed by atoms with Gasteiger partial charge in [-0.3, -0.25) is 14.5 Å². The van der Waals surface area contributed by atoms with Crippen LogP contribution in [-0.2, 0) is 21.4 Å². The molecule has 222 valence electrons. The lowest BCUT2D eigenvalue weighted by atomic mass is 9.98. The SMILES string of the molecule is Cc1ccc(NC(=O)C2CC2)cc1-c1ccc(C(=O)Nc2ccc(CN3CCN(S(=O)(=O)C(F)(F)F)CC3)cc2)cc1. The molecule has 2 N–H and O–H groups in total. The van der Waals surface area contributed by atoms with Crippen molar-refractivity contribution < 1.29 is 31.2 Å². The van der Waals surface area contributed by atoms with E-state index in [1.807, 2.05) is 54.3 Å². The van der Waals surface area contributed by atoms with E-state index in [0.717, 1.165) is 40.8 Å². The van der Waals surface area contributed by atoms with Gasteiger partial charge in [-0.2, -0.15) is 17.5 Å². The maximum absolute atomic E-state index is 12.9. The zero-order chi connectivity index (χ0) is 30.1. The van der Waals surface area contributed by atoms with Crippen LogP contribution < -0.4 is 10.6 Å². The second kappa shape index (κ2) is 11.9. The van der Waals surface area contributed by atoms with Crippen molar-refractivity contribution in [2.45, 2.75) is 31.8 Å². The number of hydrogen-bond acceptors (Lipinski definition) is 5. The summed E-state index contributed by atoms with van der Waals surface area (Å²) in [5, 5.41) is 5.83. The Morgan fingerprint density at radius 3 is 2.07 bits per heavy atom. The predicted octanol–water partition coefficient (Wildman–Crippen LogP) is 5.23. The molecule has 1 aliphatic carbocycles. The minimum atomic E-state index is -5.31. The van der Waals surface area contributed by atoms with Crippen LogP contribution in [0.3, 0.4) is 0 Å². The standard InChI is InChI=1S/C30H31F3N4O4S/c1-20-2-11-26(35-29(39)24-9-10-24)18-27(20)22-5-7-23(8-6-22)28(38)34-25-12-3-21(4-13-25)19-36-14-16-37(17-15-36)42(40,41)30(31,32)33/h2-8,11-13,18,24H,9-10,14-17,19H2,1H3,(H,34,38)(H,35,39). The fourth-order valence-corrected chi connectivity index (χ4v) is 5.77. The zero-order valence-electron chi connectivity index (χ0n) is 22.9. The van der Waals surface area contributed by atoms with Crippen LogP contribution >= 0.6 is 0 Å². The van der Waals surface area contributed by atoms with Crippen molar-refractivity contribution >= 4 is 33.2 Å². The normalized spacial score (nSPS) is 16.7. The Labute approximate surface area is 242 Å². The lowest BCUT2D eigenvalue weighted by molar-refractivity contribution is -0.117. The molecule has 0 aromatic heterocycles. The molecular weight excluding hydrogens is 569 g/mol. The number of carbonyl (C=O) groups is 2. The molecule has 2 amide bonds. The summed E-state index contributed by atoms with van der Waals surface area (Å²) in [6.07, 6.45) is 1.87. The van der Waals surface area contributed by atoms with Gasteiger partial charge in [-0.15, -0.1) is 0 Å². The Kier molecular flexibility index (Phi) is 8.40. The number of nitrogens with zero attached hydrogens (tertiary/aromatic N) is 2. The highest BCUT2D eigenvalue weighted by atomic mass is 32.2. The van der Waals surface area contributed by atoms with Crippen LogP contribution in [0, 0.1) is 12.8 Å². The number of carbonyl (C=O) groups excluding carboxylic acids is 2. The van der Waals surface area contributed by atoms with Crippen LogP contribution in [-0.4, -0.2) is 61.1 Å². The Morgan fingerprint density at radius 2 is 1.48 bits per heavy atom. The van der Waals surface area contributed by atoms with Crippen molar-refractivity contribution in [3.63, 3.8) is 0 Å². The van der Waals surface area contributed by atoms with E-state index in [4.69, 9.17) is 0 Å². The van der Waals surface area contributed by atoms with E-state index in [2.05, 4.69) is 10.6 Å². The molecule has 0 spiro atoms. The van der Waals surface area contributed by atoms with Crippen LogP contribution in [0.1, 0.15) is 34.3 Å². The van der Waals surface area contributed by atoms with Gasteiger partial charge in [-0.25, -0.2) is 8.42 Å². The van der Waals surface area contributed by atoms with E-state index in [-0.39, 0.29) is 43.9 Å². The second-order valence-corrected chi connectivity index (χ2v) is 12.6. The maximum atomic E-state index is 12.9. The summed E-state index contributed by atoms with van der Waals surface area (Å²) in [6, 6.07) is 20.1. The molecule has 0 atom stereocenters. The minimum Gasteiger partial charge on any atom is -0.326 e. The lowest BCUT2D eigenvalue weighted by Crippen LogP contribution is -2.51. The molecule has 1 aliphatic heterocycles. The number of aryl methyl sites for hydroxylation is 1. The van der Waals surface area contributed by atoms with Crippen molar-refractivity contribution in [1.29, 1.82) is 0 Å². The Morgan fingerprint density at radius 1 is 0.857 bits per heavy atom. The van der Waals surface area contributed by atoms with Crippen LogP contribution in [0.2, 0.25) is 0 Å². The zero-order valence-corrected chi connectivity index (χ0v) is 23.8. The molecule has 0 bridgehead atoms. The molecule has 1 heterocycles. The number of alkyl halides is 3. The molecule has 42 heavy (non-hydrogen) atoms. The number of nitrogens with one attached hydrogen (secondary N) is 2. The summed E-state index contributed by atoms with van der Waals surface area (Å²) >= 11 is 0. The predicted molar refractivity (Wildman–Crippen MR) is 154 cm³/mol. The van der Waals surface area contributed by atoms with Gasteiger partial charge in [-0.05, 0) is 78.4 Å². The van der Waals surface area contributed by atoms with Gasteiger partial charge < -0.3 is 10.6 Å². The Bertz CT molecular complexity index is 1560. The van der Waals surface area contributed by atoms with Crippen LogP contribution in [0.15, 0.2) is 66.7 Å². The average molecular weight is 601 g/mol. The molecule has 8 nitrogen and oxygen atoms in total. The molecular formula is C30H31F3N4O4S. The summed E-state index contributed by atoms with van der Waals surface area (Å²) < 4.78 is 62.0. The number of piperazine rings is 1. The average Bonchev–Trinajstić information content (AvgIpc) is 3.81. The summed E-state index contributed by atoms with van der Waals surface area (Å²) in [6.45, 7) is 2.35. The van der Waals surface area contributed by atoms with Gasteiger partial charge in [-0.1, -0.05) is 30.3 Å². The first-order valence-corrected chi connectivity index (χ1v) is 15.1. The fourth-order valence-electron chi connectivity index (χ4n) is 4.83. The summed E-state index contributed by atoms with van der Waals surface area (Å²) in [5.41, 5.74) is 0.337. The first kappa shape index (κ1) is 29.7. The van der Waals surface area contributed by atoms with Gasteiger partial charge in [0, 0.05) is 55.6 Å². The quantitative estimate of drug-likeness (QED) is 0.369. The molecule has 5 rings (SSSR count). The van der Waals surface area contributed by atoms with Crippen molar-refractivity contribution in [1.82, 2.24) is 9.21 Å². The van der Waals surface area contributed by atoms with Crippen molar-refractivity contribution in [3.8, 4) is 11.1 Å². The van der Waals surface area contributed by atoms with E-state index in [9.17, 15) is 31.2 Å². The van der Waals surface area contributed by atoms with Gasteiger partial charge in [0.25, 0.3) is 5.91 Å². The molecule has 2 aliphatic rings. The van der Waals surface area contributed by atoms with Crippen molar-refractivity contribution in [2.24, 2.45) is 5.92 Å². The summed E-state index contributed by atoms with van der Waals surface area (Å²) in [7, 11) is -5.31. The second-order valence-electron chi connectivity index (χ2n) is 10.6. The Balaban J connectivity index is 1.15. The van der Waals surface area contributed by atoms with Gasteiger partial charge in [0.05, 0.1) is 0 Å². The van der Waals surface area contributed by atoms with Crippen LogP contribution in [0.5, 0.6) is 0 Å². The number of halogens is 3. The third kappa shape index (κ3) is 6.83. The number of hydrogen-bond donors (Lipinski definition) is 2. The summed E-state index contributed by atoms with van der Waals surface area (Å²) in [5.74, 6) is -0.119. The lowest BCUT2D eigenvalue weighted by Gasteiger charge is -2.34. The van der Waals surface area contributed by atoms with E-state index >= 15 is 0 Å². The topological polar surface area (TPSA) is 98.8 Å².